The van der Waals surface area contributed by atoms with E-state index in [0.717, 1.165) is 18.9 Å². The Morgan fingerprint density at radius 2 is 2.16 bits per heavy atom. The molecule has 1 fully saturated rings. The van der Waals surface area contributed by atoms with Gasteiger partial charge in [0.2, 0.25) is 10.0 Å². The number of anilines is 1. The van der Waals surface area contributed by atoms with Crippen molar-refractivity contribution in [3.63, 3.8) is 0 Å². The van der Waals surface area contributed by atoms with Gasteiger partial charge in [0.25, 0.3) is 0 Å². The van der Waals surface area contributed by atoms with Gasteiger partial charge in [-0.3, -0.25) is 0 Å². The van der Waals surface area contributed by atoms with E-state index < -0.39 is 20.7 Å². The van der Waals surface area contributed by atoms with E-state index in [4.69, 9.17) is 17.3 Å². The predicted octanol–water partition coefficient (Wildman–Crippen LogP) is 2.40. The largest absolute Gasteiger partial charge is 0.399 e. The molecule has 0 aromatic heterocycles. The van der Waals surface area contributed by atoms with Gasteiger partial charge in [0.15, 0.2) is 5.82 Å². The third kappa shape index (κ3) is 2.75. The predicted molar refractivity (Wildman–Crippen MR) is 72.9 cm³/mol. The van der Waals surface area contributed by atoms with Crippen molar-refractivity contribution in [3.8, 4) is 0 Å². The van der Waals surface area contributed by atoms with Gasteiger partial charge in [-0.25, -0.2) is 12.8 Å². The second-order valence-electron chi connectivity index (χ2n) is 4.41. The van der Waals surface area contributed by atoms with Crippen LogP contribution in [0.1, 0.15) is 12.8 Å². The van der Waals surface area contributed by atoms with Gasteiger partial charge in [0, 0.05) is 18.3 Å². The van der Waals surface area contributed by atoms with Crippen LogP contribution in [0, 0.1) is 5.82 Å². The van der Waals surface area contributed by atoms with Crippen molar-refractivity contribution in [2.75, 3.05) is 12.3 Å². The van der Waals surface area contributed by atoms with Gasteiger partial charge in [-0.2, -0.15) is 4.31 Å². The first-order valence-electron chi connectivity index (χ1n) is 5.75. The second-order valence-corrected chi connectivity index (χ2v) is 6.68. The Hall–Kier alpha value is -1.11. The first-order chi connectivity index (χ1) is 8.87. The highest BCUT2D eigenvalue weighted by Crippen LogP contribution is 2.34. The molecule has 19 heavy (non-hydrogen) atoms. The normalized spacial score (nSPS) is 15.7. The van der Waals surface area contributed by atoms with Gasteiger partial charge in [-0.05, 0) is 25.0 Å². The molecule has 1 aliphatic carbocycles. The molecule has 2 rings (SSSR count). The number of halogens is 2. The summed E-state index contributed by atoms with van der Waals surface area (Å²) in [6.45, 7) is 3.66. The van der Waals surface area contributed by atoms with Crippen LogP contribution >= 0.6 is 11.6 Å². The van der Waals surface area contributed by atoms with E-state index in [1.807, 2.05) is 0 Å². The summed E-state index contributed by atoms with van der Waals surface area (Å²) >= 11 is 5.64. The van der Waals surface area contributed by atoms with E-state index in [1.165, 1.54) is 16.4 Å². The molecule has 1 aromatic rings. The maximum Gasteiger partial charge on any atom is 0.246 e. The van der Waals surface area contributed by atoms with Gasteiger partial charge < -0.3 is 5.73 Å². The molecule has 0 atom stereocenters. The topological polar surface area (TPSA) is 63.4 Å². The highest BCUT2D eigenvalue weighted by Gasteiger charge is 2.38. The number of nitrogens with two attached hydrogens (primary N) is 1. The first kappa shape index (κ1) is 14.3. The minimum atomic E-state index is -3.95. The zero-order chi connectivity index (χ0) is 14.2. The van der Waals surface area contributed by atoms with E-state index in [2.05, 4.69) is 6.58 Å². The Labute approximate surface area is 116 Å². The van der Waals surface area contributed by atoms with Crippen LogP contribution in [-0.4, -0.2) is 25.3 Å². The third-order valence-electron chi connectivity index (χ3n) is 2.87. The van der Waals surface area contributed by atoms with Gasteiger partial charge in [0.05, 0.1) is 5.02 Å². The summed E-state index contributed by atoms with van der Waals surface area (Å²) in [7, 11) is -3.95. The number of nitrogen functional groups attached to an aromatic ring is 1. The second kappa shape index (κ2) is 5.11. The lowest BCUT2D eigenvalue weighted by Gasteiger charge is -2.21. The molecule has 0 radical (unpaired) electrons. The van der Waals surface area contributed by atoms with Crippen molar-refractivity contribution >= 4 is 27.3 Å². The van der Waals surface area contributed by atoms with Crippen LogP contribution in [0.15, 0.2) is 29.7 Å². The molecular weight excluding hydrogens is 291 g/mol. The highest BCUT2D eigenvalue weighted by molar-refractivity contribution is 7.89. The molecule has 0 unspecified atom stereocenters. The summed E-state index contributed by atoms with van der Waals surface area (Å²) in [5, 5.41) is -0.298. The Morgan fingerprint density at radius 1 is 1.53 bits per heavy atom. The smallest absolute Gasteiger partial charge is 0.246 e. The molecule has 0 amide bonds. The van der Waals surface area contributed by atoms with Crippen LogP contribution in [0.5, 0.6) is 0 Å². The third-order valence-corrected chi connectivity index (χ3v) is 5.06. The van der Waals surface area contributed by atoms with E-state index in [1.54, 1.807) is 0 Å². The molecule has 1 aliphatic rings. The molecule has 4 nitrogen and oxygen atoms in total. The van der Waals surface area contributed by atoms with Crippen molar-refractivity contribution < 1.29 is 12.8 Å². The van der Waals surface area contributed by atoms with Crippen molar-refractivity contribution in [1.82, 2.24) is 4.31 Å². The van der Waals surface area contributed by atoms with Gasteiger partial charge in [-0.1, -0.05) is 17.7 Å². The number of sulfonamides is 1. The van der Waals surface area contributed by atoms with Crippen LogP contribution in [0.3, 0.4) is 0 Å². The maximum atomic E-state index is 13.9. The first-order valence-corrected chi connectivity index (χ1v) is 7.57. The molecule has 2 N–H and O–H groups in total. The minimum absolute atomic E-state index is 0.0948. The molecule has 0 aliphatic heterocycles. The number of hydrogen-bond donors (Lipinski definition) is 1. The summed E-state index contributed by atoms with van der Waals surface area (Å²) in [6, 6.07) is 2.18. The summed E-state index contributed by atoms with van der Waals surface area (Å²) in [4.78, 5) is -0.480. The molecule has 0 bridgehead atoms. The number of rotatable bonds is 5. The Bertz CT molecular complexity index is 614. The molecular formula is C12H14ClFN2O2S. The summed E-state index contributed by atoms with van der Waals surface area (Å²) in [5.74, 6) is -0.967. The Morgan fingerprint density at radius 3 is 2.68 bits per heavy atom. The highest BCUT2D eigenvalue weighted by atomic mass is 35.5. The number of nitrogens with zero attached hydrogens (tertiary/aromatic N) is 1. The lowest BCUT2D eigenvalue weighted by molar-refractivity contribution is 0.431. The number of hydrogen-bond acceptors (Lipinski definition) is 3. The number of benzene rings is 1. The zero-order valence-electron chi connectivity index (χ0n) is 10.1. The van der Waals surface area contributed by atoms with Gasteiger partial charge in [0.1, 0.15) is 4.90 Å². The standard InChI is InChI=1S/C12H14ClFN2O2S/c1-2-5-16(9-3-4-9)19(17,18)11-7-8(15)6-10(13)12(11)14/h2,6-7,9H,1,3-5,15H2. The fourth-order valence-corrected chi connectivity index (χ4v) is 3.89. The van der Waals surface area contributed by atoms with Crippen molar-refractivity contribution in [1.29, 1.82) is 0 Å². The zero-order valence-corrected chi connectivity index (χ0v) is 11.7. The summed E-state index contributed by atoms with van der Waals surface area (Å²) in [5.41, 5.74) is 5.65. The van der Waals surface area contributed by atoms with E-state index >= 15 is 0 Å². The Balaban J connectivity index is 2.51. The molecule has 1 aromatic carbocycles. The lowest BCUT2D eigenvalue weighted by atomic mass is 10.3. The molecule has 7 heteroatoms. The van der Waals surface area contributed by atoms with Crippen LogP contribution in [0.2, 0.25) is 5.02 Å². The molecule has 104 valence electrons. The summed E-state index contributed by atoms with van der Waals surface area (Å²) < 4.78 is 40.1. The minimum Gasteiger partial charge on any atom is -0.399 e. The average Bonchev–Trinajstić information content (AvgIpc) is 3.14. The lowest BCUT2D eigenvalue weighted by Crippen LogP contribution is -2.34. The maximum absolute atomic E-state index is 13.9. The fraction of sp³-hybridized carbons (Fsp3) is 0.333. The van der Waals surface area contributed by atoms with Crippen molar-refractivity contribution in [2.45, 2.75) is 23.8 Å². The van der Waals surface area contributed by atoms with Crippen LogP contribution in [-0.2, 0) is 10.0 Å². The van der Waals surface area contributed by atoms with Crippen molar-refractivity contribution in [3.05, 3.63) is 35.6 Å². The molecule has 0 heterocycles. The van der Waals surface area contributed by atoms with Gasteiger partial charge in [-0.15, -0.1) is 6.58 Å². The van der Waals surface area contributed by atoms with Gasteiger partial charge >= 0.3 is 0 Å². The van der Waals surface area contributed by atoms with E-state index in [9.17, 15) is 12.8 Å². The SMILES string of the molecule is C=CCN(C1CC1)S(=O)(=O)c1cc(N)cc(Cl)c1F. The average molecular weight is 305 g/mol. The molecule has 0 saturated heterocycles. The molecule has 0 spiro atoms. The molecule has 1 saturated carbocycles. The fourth-order valence-electron chi connectivity index (χ4n) is 1.83. The summed E-state index contributed by atoms with van der Waals surface area (Å²) in [6.07, 6.45) is 3.01. The van der Waals surface area contributed by atoms with E-state index in [0.29, 0.717) is 0 Å². The van der Waals surface area contributed by atoms with Crippen LogP contribution in [0.25, 0.3) is 0 Å². The van der Waals surface area contributed by atoms with Crippen LogP contribution in [0.4, 0.5) is 10.1 Å². The van der Waals surface area contributed by atoms with Crippen molar-refractivity contribution in [2.24, 2.45) is 0 Å². The van der Waals surface area contributed by atoms with E-state index in [-0.39, 0.29) is 23.3 Å². The van der Waals surface area contributed by atoms with Crippen LogP contribution < -0.4 is 5.73 Å². The monoisotopic (exact) mass is 304 g/mol. The Kier molecular flexibility index (Phi) is 3.85. The quantitative estimate of drug-likeness (QED) is 0.671.